The van der Waals surface area contributed by atoms with Gasteiger partial charge in [0.15, 0.2) is 6.29 Å². The molecule has 6 rings (SSSR count). The van der Waals surface area contributed by atoms with E-state index in [-0.39, 0.29) is 40.9 Å². The fraction of sp³-hybridized carbons (Fsp3) is 0.206. The summed E-state index contributed by atoms with van der Waals surface area (Å²) in [5.74, 6) is -2.86. The van der Waals surface area contributed by atoms with Crippen molar-refractivity contribution in [3.8, 4) is 0 Å². The van der Waals surface area contributed by atoms with Gasteiger partial charge in [-0.3, -0.25) is 4.79 Å². The molecule has 234 valence electrons. The lowest BCUT2D eigenvalue weighted by Crippen LogP contribution is -2.38. The van der Waals surface area contributed by atoms with Gasteiger partial charge in [0.1, 0.15) is 5.03 Å². The van der Waals surface area contributed by atoms with E-state index in [0.717, 1.165) is 11.1 Å². The van der Waals surface area contributed by atoms with Gasteiger partial charge in [0, 0.05) is 34.7 Å². The van der Waals surface area contributed by atoms with Crippen LogP contribution in [0.1, 0.15) is 77.4 Å². The number of carboxylic acid groups (broad SMARTS) is 1. The number of rotatable bonds is 9. The number of nitrogens with one attached hydrogen (secondary N) is 1. The Morgan fingerprint density at radius 2 is 1.70 bits per heavy atom. The number of aliphatic hydroxyl groups excluding tert-OH is 1. The number of hydrogen-bond acceptors (Lipinski definition) is 10. The number of aromatic carboxylic acids is 1. The van der Waals surface area contributed by atoms with Crippen LogP contribution in [0.3, 0.4) is 0 Å². The van der Waals surface area contributed by atoms with Crippen molar-refractivity contribution < 1.29 is 43.6 Å². The number of aliphatic hydroxyl groups is 1. The van der Waals surface area contributed by atoms with Gasteiger partial charge < -0.3 is 29.7 Å². The van der Waals surface area contributed by atoms with Crippen LogP contribution in [0.2, 0.25) is 0 Å². The van der Waals surface area contributed by atoms with Crippen LogP contribution in [0.25, 0.3) is 0 Å². The van der Waals surface area contributed by atoms with Gasteiger partial charge in [-0.1, -0.05) is 43.3 Å². The molecule has 3 N–H and O–H groups in total. The molecule has 3 heterocycles. The number of anilines is 1. The van der Waals surface area contributed by atoms with E-state index in [0.29, 0.717) is 22.0 Å². The highest BCUT2D eigenvalue weighted by Gasteiger charge is 2.39. The lowest BCUT2D eigenvalue weighted by Gasteiger charge is -2.41. The number of pyridine rings is 1. The molecule has 0 bridgehead atoms. The first kappa shape index (κ1) is 31.1. The molecule has 1 saturated heterocycles. The minimum atomic E-state index is -1.07. The fourth-order valence-corrected chi connectivity index (χ4v) is 6.48. The number of cyclic esters (lactones) is 2. The Morgan fingerprint density at radius 3 is 2.46 bits per heavy atom. The first-order valence-corrected chi connectivity index (χ1v) is 15.3. The number of thioether (sulfide) groups is 1. The molecule has 1 aromatic heterocycles. The van der Waals surface area contributed by atoms with Crippen molar-refractivity contribution >= 4 is 41.3 Å². The van der Waals surface area contributed by atoms with Gasteiger partial charge in [-0.05, 0) is 53.6 Å². The summed E-state index contributed by atoms with van der Waals surface area (Å²) in [6.07, 6.45) is -0.0935. The molecular formula is C34H28N2O9S. The predicted molar refractivity (Wildman–Crippen MR) is 165 cm³/mol. The second kappa shape index (κ2) is 13.2. The summed E-state index contributed by atoms with van der Waals surface area (Å²) in [5.41, 5.74) is 3.15. The molecule has 1 amide bonds. The quantitative estimate of drug-likeness (QED) is 0.122. The molecule has 2 aliphatic rings. The Labute approximate surface area is 267 Å². The number of aromatic nitrogens is 1. The summed E-state index contributed by atoms with van der Waals surface area (Å²) in [7, 11) is 0. The number of fused-ring (bicyclic) bond motifs is 1. The number of nitrogens with zero attached hydrogens (tertiary/aromatic N) is 1. The Morgan fingerprint density at radius 1 is 0.913 bits per heavy atom. The molecule has 46 heavy (non-hydrogen) atoms. The van der Waals surface area contributed by atoms with E-state index in [4.69, 9.17) is 9.47 Å². The van der Waals surface area contributed by atoms with Crippen molar-refractivity contribution in [2.24, 2.45) is 5.92 Å². The molecule has 0 radical (unpaired) electrons. The van der Waals surface area contributed by atoms with Gasteiger partial charge in [0.25, 0.3) is 5.91 Å². The summed E-state index contributed by atoms with van der Waals surface area (Å²) < 4.78 is 17.6. The predicted octanol–water partition coefficient (Wildman–Crippen LogP) is 5.42. The van der Waals surface area contributed by atoms with Crippen LogP contribution in [0.15, 0.2) is 90.1 Å². The number of carbonyl (C=O) groups excluding carboxylic acids is 3. The average molecular weight is 641 g/mol. The molecule has 0 saturated carbocycles. The molecule has 3 aromatic carbocycles. The molecular weight excluding hydrogens is 612 g/mol. The number of esters is 2. The highest BCUT2D eigenvalue weighted by Crippen LogP contribution is 2.43. The zero-order valence-electron chi connectivity index (χ0n) is 24.4. The maximum atomic E-state index is 13.1. The highest BCUT2D eigenvalue weighted by atomic mass is 32.2. The van der Waals surface area contributed by atoms with Crippen molar-refractivity contribution in [3.05, 3.63) is 124 Å². The van der Waals surface area contributed by atoms with E-state index in [1.165, 1.54) is 36.0 Å². The molecule has 12 heteroatoms. The molecule has 11 nitrogen and oxygen atoms in total. The van der Waals surface area contributed by atoms with Crippen LogP contribution in [0.5, 0.6) is 0 Å². The first-order valence-electron chi connectivity index (χ1n) is 14.4. The number of carbonyl (C=O) groups is 4. The van der Waals surface area contributed by atoms with Crippen LogP contribution in [-0.4, -0.2) is 50.9 Å². The minimum Gasteiger partial charge on any atom is -0.478 e. The largest absolute Gasteiger partial charge is 0.478 e. The van der Waals surface area contributed by atoms with E-state index in [1.54, 1.807) is 30.5 Å². The third-order valence-corrected chi connectivity index (χ3v) is 8.93. The second-order valence-electron chi connectivity index (χ2n) is 10.8. The summed E-state index contributed by atoms with van der Waals surface area (Å²) in [6, 6.07) is 21.7. The lowest BCUT2D eigenvalue weighted by molar-refractivity contribution is -0.268. The topological polar surface area (TPSA) is 161 Å². The van der Waals surface area contributed by atoms with Crippen LogP contribution in [-0.2, 0) is 20.8 Å². The molecule has 2 aliphatic heterocycles. The Balaban J connectivity index is 1.24. The van der Waals surface area contributed by atoms with Crippen LogP contribution in [0.4, 0.5) is 5.69 Å². The second-order valence-corrected chi connectivity index (χ2v) is 11.8. The van der Waals surface area contributed by atoms with Crippen LogP contribution >= 0.6 is 11.8 Å². The SMILES string of the molecule is C[C@H]1[C@@H](CSc2ncccc2C(=O)O)OC(c2cccc(NC(=O)c3ccc4c(c3)C(=O)OC4=O)c2)O[C@H]1c1ccc(CO)cc1. The highest BCUT2D eigenvalue weighted by molar-refractivity contribution is 7.99. The third kappa shape index (κ3) is 6.42. The van der Waals surface area contributed by atoms with Gasteiger partial charge in [-0.25, -0.2) is 19.4 Å². The van der Waals surface area contributed by atoms with E-state index >= 15 is 0 Å². The van der Waals surface area contributed by atoms with Crippen molar-refractivity contribution in [1.29, 1.82) is 0 Å². The number of carboxylic acids is 1. The van der Waals surface area contributed by atoms with Crippen molar-refractivity contribution in [1.82, 2.24) is 4.98 Å². The number of hydrogen-bond donors (Lipinski definition) is 3. The molecule has 0 spiro atoms. The third-order valence-electron chi connectivity index (χ3n) is 7.83. The average Bonchev–Trinajstić information content (AvgIpc) is 3.36. The number of ether oxygens (including phenoxy) is 3. The summed E-state index contributed by atoms with van der Waals surface area (Å²) in [4.78, 5) is 52.8. The maximum Gasteiger partial charge on any atom is 0.346 e. The number of amides is 1. The summed E-state index contributed by atoms with van der Waals surface area (Å²) in [6.45, 7) is 1.91. The molecule has 1 unspecified atom stereocenters. The molecule has 1 fully saturated rings. The lowest BCUT2D eigenvalue weighted by atomic mass is 9.91. The van der Waals surface area contributed by atoms with Gasteiger partial charge in [0.05, 0.1) is 35.5 Å². The zero-order valence-corrected chi connectivity index (χ0v) is 25.2. The number of benzene rings is 3. The first-order chi connectivity index (χ1) is 22.2. The molecule has 0 aliphatic carbocycles. The van der Waals surface area contributed by atoms with Gasteiger partial charge in [0.2, 0.25) is 0 Å². The fourth-order valence-electron chi connectivity index (χ4n) is 5.33. The standard InChI is InChI=1S/C34H28N2O9S/c1-18-27(17-46-30-25(31(39)40)6-3-13-35-30)43-34(44-28(18)20-9-7-19(16-37)8-10-20)22-4-2-5-23(14-22)36-29(38)21-11-12-24-26(15-21)33(42)45-32(24)41/h2-15,18,27-28,34,37H,16-17H2,1H3,(H,36,38)(H,39,40)/t18-,27+,28+,34?/m0/s1. The van der Waals surface area contributed by atoms with Crippen molar-refractivity contribution in [2.45, 2.75) is 37.1 Å². The van der Waals surface area contributed by atoms with E-state index in [1.807, 2.05) is 37.3 Å². The summed E-state index contributed by atoms with van der Waals surface area (Å²) in [5, 5.41) is 22.3. The van der Waals surface area contributed by atoms with Crippen molar-refractivity contribution in [2.75, 3.05) is 11.1 Å². The van der Waals surface area contributed by atoms with Gasteiger partial charge in [-0.2, -0.15) is 0 Å². The monoisotopic (exact) mass is 640 g/mol. The van der Waals surface area contributed by atoms with Crippen molar-refractivity contribution in [3.63, 3.8) is 0 Å². The van der Waals surface area contributed by atoms with E-state index in [2.05, 4.69) is 15.0 Å². The molecule has 4 aromatic rings. The van der Waals surface area contributed by atoms with E-state index < -0.39 is 36.2 Å². The normalized spacial score (nSPS) is 20.6. The Bertz CT molecular complexity index is 1830. The Hall–Kier alpha value is -4.88. The molecule has 4 atom stereocenters. The van der Waals surface area contributed by atoms with E-state index in [9.17, 15) is 29.4 Å². The zero-order chi connectivity index (χ0) is 32.4. The smallest absolute Gasteiger partial charge is 0.346 e. The Kier molecular flexibility index (Phi) is 8.95. The van der Waals surface area contributed by atoms with Crippen LogP contribution in [0, 0.1) is 5.92 Å². The summed E-state index contributed by atoms with van der Waals surface area (Å²) >= 11 is 1.29. The maximum absolute atomic E-state index is 13.1. The van der Waals surface area contributed by atoms with Crippen LogP contribution < -0.4 is 5.32 Å². The van der Waals surface area contributed by atoms with Gasteiger partial charge >= 0.3 is 17.9 Å². The van der Waals surface area contributed by atoms with Gasteiger partial charge in [-0.15, -0.1) is 11.8 Å². The minimum absolute atomic E-state index is 0.0349.